The maximum Gasteiger partial charge on any atom is 0.251 e. The molecule has 0 heterocycles. The summed E-state index contributed by atoms with van der Waals surface area (Å²) in [6.07, 6.45) is -0.718. The second-order valence-corrected chi connectivity index (χ2v) is 4.99. The van der Waals surface area contributed by atoms with E-state index >= 15 is 0 Å². The lowest BCUT2D eigenvalue weighted by Crippen LogP contribution is -2.37. The van der Waals surface area contributed by atoms with Crippen LogP contribution < -0.4 is 5.32 Å². The number of aryl methyl sites for hydroxylation is 1. The lowest BCUT2D eigenvalue weighted by Gasteiger charge is -2.20. The molecule has 0 aromatic heterocycles. The number of carbonyl (C=O) groups is 1. The molecule has 0 fully saturated rings. The van der Waals surface area contributed by atoms with E-state index < -0.39 is 6.10 Å². The van der Waals surface area contributed by atoms with E-state index in [1.54, 1.807) is 13.0 Å². The van der Waals surface area contributed by atoms with Gasteiger partial charge in [0.05, 0.1) is 12.1 Å². The Bertz CT molecular complexity index is 581. The van der Waals surface area contributed by atoms with Crippen LogP contribution in [0, 0.1) is 6.92 Å². The average Bonchev–Trinajstić information content (AvgIpc) is 2.47. The molecule has 0 aliphatic carbocycles. The highest BCUT2D eigenvalue weighted by atomic mass is 16.3. The average molecular weight is 269 g/mol. The molecule has 20 heavy (non-hydrogen) atoms. The standard InChI is InChI=1S/C17H19NO2/c1-12-7-6-10-15(11-12)17(20)18-13(2)16(19)14-8-4-3-5-9-14/h3-11,13,16,19H,1-2H3,(H,18,20)/t13-,16-/m0/s1. The van der Waals surface area contributed by atoms with Crippen LogP contribution in [0.15, 0.2) is 54.6 Å². The zero-order valence-corrected chi connectivity index (χ0v) is 11.7. The molecule has 0 radical (unpaired) electrons. The molecule has 1 amide bonds. The molecular formula is C17H19NO2. The summed E-state index contributed by atoms with van der Waals surface area (Å²) in [6, 6.07) is 16.4. The summed E-state index contributed by atoms with van der Waals surface area (Å²) in [7, 11) is 0. The van der Waals surface area contributed by atoms with Gasteiger partial charge in [-0.2, -0.15) is 0 Å². The van der Waals surface area contributed by atoms with Gasteiger partial charge in [0.2, 0.25) is 0 Å². The van der Waals surface area contributed by atoms with Crippen LogP contribution in [-0.4, -0.2) is 17.1 Å². The van der Waals surface area contributed by atoms with E-state index in [1.807, 2.05) is 55.5 Å². The Balaban J connectivity index is 2.04. The second-order valence-electron chi connectivity index (χ2n) is 4.99. The highest BCUT2D eigenvalue weighted by molar-refractivity contribution is 5.94. The number of aliphatic hydroxyl groups excluding tert-OH is 1. The van der Waals surface area contributed by atoms with Crippen molar-refractivity contribution in [2.45, 2.75) is 26.0 Å². The SMILES string of the molecule is Cc1cccc(C(=O)N[C@@H](C)[C@H](O)c2ccccc2)c1. The van der Waals surface area contributed by atoms with Crippen molar-refractivity contribution in [2.24, 2.45) is 0 Å². The summed E-state index contributed by atoms with van der Waals surface area (Å²) >= 11 is 0. The predicted molar refractivity (Wildman–Crippen MR) is 79.5 cm³/mol. The minimum Gasteiger partial charge on any atom is -0.386 e. The first-order chi connectivity index (χ1) is 9.58. The molecule has 2 aromatic carbocycles. The first-order valence-corrected chi connectivity index (χ1v) is 6.68. The van der Waals surface area contributed by atoms with Crippen LogP contribution >= 0.6 is 0 Å². The van der Waals surface area contributed by atoms with Crippen LogP contribution in [0.4, 0.5) is 0 Å². The van der Waals surface area contributed by atoms with E-state index in [0.717, 1.165) is 11.1 Å². The minimum absolute atomic E-state index is 0.170. The summed E-state index contributed by atoms with van der Waals surface area (Å²) in [6.45, 7) is 3.74. The van der Waals surface area contributed by atoms with Gasteiger partial charge >= 0.3 is 0 Å². The number of rotatable bonds is 4. The number of aliphatic hydroxyl groups is 1. The molecule has 3 heteroatoms. The lowest BCUT2D eigenvalue weighted by atomic mass is 10.0. The Morgan fingerprint density at radius 2 is 1.80 bits per heavy atom. The molecule has 0 bridgehead atoms. The molecular weight excluding hydrogens is 250 g/mol. The first kappa shape index (κ1) is 14.3. The van der Waals surface area contributed by atoms with Gasteiger partial charge in [0.1, 0.15) is 0 Å². The topological polar surface area (TPSA) is 49.3 Å². The first-order valence-electron chi connectivity index (χ1n) is 6.68. The Hall–Kier alpha value is -2.13. The molecule has 3 nitrogen and oxygen atoms in total. The Morgan fingerprint density at radius 3 is 2.45 bits per heavy atom. The fourth-order valence-electron chi connectivity index (χ4n) is 2.09. The number of carbonyl (C=O) groups excluding carboxylic acids is 1. The molecule has 0 aliphatic heterocycles. The Morgan fingerprint density at radius 1 is 1.10 bits per heavy atom. The summed E-state index contributed by atoms with van der Waals surface area (Å²) in [5, 5.41) is 13.1. The van der Waals surface area contributed by atoms with Gasteiger partial charge in [-0.05, 0) is 31.5 Å². The van der Waals surface area contributed by atoms with E-state index in [0.29, 0.717) is 5.56 Å². The van der Waals surface area contributed by atoms with Crippen LogP contribution in [0.2, 0.25) is 0 Å². The third-order valence-electron chi connectivity index (χ3n) is 3.25. The molecule has 0 saturated heterocycles. The Kier molecular flexibility index (Phi) is 4.53. The zero-order chi connectivity index (χ0) is 14.5. The van der Waals surface area contributed by atoms with E-state index in [1.165, 1.54) is 0 Å². The largest absolute Gasteiger partial charge is 0.386 e. The highest BCUT2D eigenvalue weighted by Crippen LogP contribution is 2.16. The monoisotopic (exact) mass is 269 g/mol. The number of nitrogens with one attached hydrogen (secondary N) is 1. The summed E-state index contributed by atoms with van der Waals surface area (Å²) in [4.78, 5) is 12.1. The zero-order valence-electron chi connectivity index (χ0n) is 11.7. The third kappa shape index (κ3) is 3.45. The molecule has 2 atom stereocenters. The Labute approximate surface area is 119 Å². The molecule has 104 valence electrons. The van der Waals surface area contributed by atoms with Crippen molar-refractivity contribution in [1.29, 1.82) is 0 Å². The summed E-state index contributed by atoms with van der Waals surface area (Å²) < 4.78 is 0. The van der Waals surface area contributed by atoms with Crippen LogP contribution in [0.5, 0.6) is 0 Å². The molecule has 2 N–H and O–H groups in total. The van der Waals surface area contributed by atoms with Crippen molar-refractivity contribution >= 4 is 5.91 Å². The van der Waals surface area contributed by atoms with Crippen LogP contribution in [0.3, 0.4) is 0 Å². The highest BCUT2D eigenvalue weighted by Gasteiger charge is 2.18. The summed E-state index contributed by atoms with van der Waals surface area (Å²) in [5.74, 6) is -0.170. The normalized spacial score (nSPS) is 13.6. The number of hydrogen-bond donors (Lipinski definition) is 2. The van der Waals surface area contributed by atoms with E-state index in [4.69, 9.17) is 0 Å². The quantitative estimate of drug-likeness (QED) is 0.896. The minimum atomic E-state index is -0.718. The van der Waals surface area contributed by atoms with Crippen LogP contribution in [-0.2, 0) is 0 Å². The van der Waals surface area contributed by atoms with Crippen molar-refractivity contribution in [3.8, 4) is 0 Å². The molecule has 0 aliphatic rings. The van der Waals surface area contributed by atoms with E-state index in [-0.39, 0.29) is 11.9 Å². The third-order valence-corrected chi connectivity index (χ3v) is 3.25. The van der Waals surface area contributed by atoms with Crippen molar-refractivity contribution < 1.29 is 9.90 Å². The molecule has 2 rings (SSSR count). The van der Waals surface area contributed by atoms with Crippen molar-refractivity contribution in [2.75, 3.05) is 0 Å². The maximum atomic E-state index is 12.1. The number of hydrogen-bond acceptors (Lipinski definition) is 2. The van der Waals surface area contributed by atoms with Crippen molar-refractivity contribution in [1.82, 2.24) is 5.32 Å². The molecule has 0 unspecified atom stereocenters. The van der Waals surface area contributed by atoms with Gasteiger partial charge in [-0.1, -0.05) is 48.0 Å². The van der Waals surface area contributed by atoms with Gasteiger partial charge in [-0.15, -0.1) is 0 Å². The van der Waals surface area contributed by atoms with Gasteiger partial charge in [0.25, 0.3) is 5.91 Å². The second kappa shape index (κ2) is 6.35. The fraction of sp³-hybridized carbons (Fsp3) is 0.235. The maximum absolute atomic E-state index is 12.1. The van der Waals surface area contributed by atoms with Gasteiger partial charge < -0.3 is 10.4 Å². The van der Waals surface area contributed by atoms with E-state index in [2.05, 4.69) is 5.32 Å². The lowest BCUT2D eigenvalue weighted by molar-refractivity contribution is 0.0852. The van der Waals surface area contributed by atoms with Crippen LogP contribution in [0.1, 0.15) is 34.5 Å². The smallest absolute Gasteiger partial charge is 0.251 e. The number of benzene rings is 2. The van der Waals surface area contributed by atoms with Crippen LogP contribution in [0.25, 0.3) is 0 Å². The predicted octanol–water partition coefficient (Wildman–Crippen LogP) is 2.85. The number of amides is 1. The van der Waals surface area contributed by atoms with Gasteiger partial charge in [-0.25, -0.2) is 0 Å². The molecule has 2 aromatic rings. The summed E-state index contributed by atoms with van der Waals surface area (Å²) in [5.41, 5.74) is 2.44. The van der Waals surface area contributed by atoms with Crippen molar-refractivity contribution in [3.05, 3.63) is 71.3 Å². The van der Waals surface area contributed by atoms with Gasteiger partial charge in [-0.3, -0.25) is 4.79 Å². The van der Waals surface area contributed by atoms with Gasteiger partial charge in [0, 0.05) is 5.56 Å². The van der Waals surface area contributed by atoms with Gasteiger partial charge in [0.15, 0.2) is 0 Å². The fourth-order valence-corrected chi connectivity index (χ4v) is 2.09. The molecule has 0 saturated carbocycles. The van der Waals surface area contributed by atoms with Crippen molar-refractivity contribution in [3.63, 3.8) is 0 Å². The van der Waals surface area contributed by atoms with E-state index in [9.17, 15) is 9.90 Å². The molecule has 0 spiro atoms.